The van der Waals surface area contributed by atoms with E-state index in [4.69, 9.17) is 15.9 Å². The van der Waals surface area contributed by atoms with Crippen LogP contribution in [0.15, 0.2) is 0 Å². The molecule has 0 aromatic carbocycles. The second-order valence-electron chi connectivity index (χ2n) is 2.43. The third-order valence-electron chi connectivity index (χ3n) is 1.11. The summed E-state index contributed by atoms with van der Waals surface area (Å²) in [5.41, 5.74) is 5.16. The summed E-state index contributed by atoms with van der Waals surface area (Å²) in [5.74, 6) is -2.15. The quantitative estimate of drug-likeness (QED) is 0.535. The van der Waals surface area contributed by atoms with Crippen LogP contribution in [0.1, 0.15) is 19.3 Å². The Balaban J connectivity index is 0. The molecule has 0 aliphatic rings. The first-order valence-corrected chi connectivity index (χ1v) is 5.59. The Morgan fingerprint density at radius 2 is 1.54 bits per heavy atom. The van der Waals surface area contributed by atoms with Gasteiger partial charge in [0.05, 0.1) is 12.8 Å². The number of carboxylic acids is 2. The fourth-order valence-electron chi connectivity index (χ4n) is 0.418. The van der Waals surface area contributed by atoms with Gasteiger partial charge >= 0.3 is 62.2 Å². The first-order chi connectivity index (χ1) is 6.04. The summed E-state index contributed by atoms with van der Waals surface area (Å²) in [4.78, 5) is 19.3. The van der Waals surface area contributed by atoms with Crippen molar-refractivity contribution in [1.82, 2.24) is 0 Å². The second-order valence-corrected chi connectivity index (χ2v) is 3.43. The van der Waals surface area contributed by atoms with Crippen LogP contribution in [0.25, 0.3) is 0 Å². The summed E-state index contributed by atoms with van der Waals surface area (Å²) < 4.78 is 1.36. The van der Waals surface area contributed by atoms with Crippen LogP contribution in [-0.2, 0) is 9.59 Å². The van der Waals surface area contributed by atoms with Gasteiger partial charge in [0.1, 0.15) is 0 Å². The molecule has 0 bridgehead atoms. The summed E-state index contributed by atoms with van der Waals surface area (Å²) in [7, 11) is 0. The molecule has 0 heterocycles. The number of nitrogens with two attached hydrogens (primary N) is 1. The molecular weight excluding hydrogens is 185 g/mol. The monoisotopic (exact) mass is 199 g/mol. The van der Waals surface area contributed by atoms with Gasteiger partial charge in [-0.25, -0.2) is 0 Å². The van der Waals surface area contributed by atoms with Gasteiger partial charge in [-0.3, -0.25) is 9.59 Å². The van der Waals surface area contributed by atoms with Crippen LogP contribution < -0.4 is 5.73 Å². The van der Waals surface area contributed by atoms with Crippen molar-refractivity contribution in [3.63, 3.8) is 0 Å². The summed E-state index contributed by atoms with van der Waals surface area (Å²) in [6, 6.07) is 0. The minimum absolute atomic E-state index is 0.296. The molecule has 6 heteroatoms. The Bertz CT molecular complexity index is 135. The minimum atomic E-state index is -1.08. The summed E-state index contributed by atoms with van der Waals surface area (Å²) in [6.07, 6.45) is 0.636. The van der Waals surface area contributed by atoms with Crippen molar-refractivity contribution in [2.24, 2.45) is 5.73 Å². The van der Waals surface area contributed by atoms with Crippen molar-refractivity contribution in [3.05, 3.63) is 0 Å². The van der Waals surface area contributed by atoms with Gasteiger partial charge < -0.3 is 10.2 Å². The van der Waals surface area contributed by atoms with Gasteiger partial charge in [-0.15, -0.1) is 0 Å². The van der Waals surface area contributed by atoms with Crippen LogP contribution >= 0.6 is 0 Å². The van der Waals surface area contributed by atoms with E-state index in [9.17, 15) is 9.59 Å². The van der Waals surface area contributed by atoms with Gasteiger partial charge in [0.2, 0.25) is 0 Å². The molecule has 0 aliphatic heterocycles. The first kappa shape index (κ1) is 15.4. The molecular formula is C7H14NNaO4. The van der Waals surface area contributed by atoms with Gasteiger partial charge in [0.25, 0.3) is 0 Å². The Morgan fingerprint density at radius 3 is 1.62 bits per heavy atom. The predicted molar refractivity (Wildman–Crippen MR) is 48.7 cm³/mol. The third kappa shape index (κ3) is 24.5. The summed E-state index contributed by atoms with van der Waals surface area (Å²) in [5, 5.41) is 15.8. The van der Waals surface area contributed by atoms with Crippen molar-refractivity contribution >= 4 is 39.9 Å². The van der Waals surface area contributed by atoms with Crippen LogP contribution in [0.3, 0.4) is 0 Å². The summed E-state index contributed by atoms with van der Waals surface area (Å²) >= 11 is 1.32. The largest absolute Gasteiger partial charge is 0.481 e. The number of rotatable bonds is 5. The molecule has 4 N–H and O–H groups in total. The zero-order chi connectivity index (χ0) is 10.7. The molecule has 0 rings (SSSR count). The third-order valence-corrected chi connectivity index (χ3v) is 1.82. The molecule has 5 nitrogen and oxygen atoms in total. The SMILES string of the molecule is NCC[CH2][Na].O=C(O)CCC(=O)O. The van der Waals surface area contributed by atoms with E-state index in [1.165, 1.54) is 38.0 Å². The first-order valence-electron chi connectivity index (χ1n) is 4.18. The molecule has 0 saturated carbocycles. The zero-order valence-electron chi connectivity index (χ0n) is 7.82. The van der Waals surface area contributed by atoms with Crippen molar-refractivity contribution in [2.75, 3.05) is 6.54 Å². The van der Waals surface area contributed by atoms with Crippen LogP contribution in [0.5, 0.6) is 0 Å². The van der Waals surface area contributed by atoms with E-state index in [2.05, 4.69) is 0 Å². The van der Waals surface area contributed by atoms with Gasteiger partial charge in [-0.2, -0.15) is 0 Å². The molecule has 0 saturated heterocycles. The molecule has 0 atom stereocenters. The van der Waals surface area contributed by atoms with Gasteiger partial charge in [-0.05, 0) is 0 Å². The molecule has 0 aliphatic carbocycles. The van der Waals surface area contributed by atoms with E-state index in [0.29, 0.717) is 0 Å². The minimum Gasteiger partial charge on any atom is -0.481 e. The normalized spacial score (nSPS) is 8.54. The topological polar surface area (TPSA) is 101 Å². The molecule has 0 aromatic heterocycles. The van der Waals surface area contributed by atoms with Crippen LogP contribution in [0, 0.1) is 0 Å². The molecule has 13 heavy (non-hydrogen) atoms. The smallest absolute Gasteiger partial charge is 0.303 e. The number of hydrogen-bond donors (Lipinski definition) is 3. The maximum absolute atomic E-state index is 9.64. The molecule has 0 spiro atoms. The van der Waals surface area contributed by atoms with Gasteiger partial charge in [0.15, 0.2) is 0 Å². The zero-order valence-corrected chi connectivity index (χ0v) is 9.82. The fourth-order valence-corrected chi connectivity index (χ4v) is 0.826. The van der Waals surface area contributed by atoms with Crippen molar-refractivity contribution < 1.29 is 19.8 Å². The summed E-state index contributed by atoms with van der Waals surface area (Å²) in [6.45, 7) is 0.878. The maximum atomic E-state index is 9.64. The Kier molecular flexibility index (Phi) is 14.1. The van der Waals surface area contributed by atoms with Crippen LogP contribution in [-0.4, -0.2) is 56.6 Å². The number of aliphatic carboxylic acids is 2. The van der Waals surface area contributed by atoms with Gasteiger partial charge in [0, 0.05) is 0 Å². The molecule has 72 valence electrons. The van der Waals surface area contributed by atoms with Gasteiger partial charge in [-0.1, -0.05) is 0 Å². The second kappa shape index (κ2) is 11.9. The van der Waals surface area contributed by atoms with E-state index >= 15 is 0 Å². The van der Waals surface area contributed by atoms with E-state index in [1.54, 1.807) is 0 Å². The maximum Gasteiger partial charge on any atom is 0.303 e. The molecule has 0 unspecified atom stereocenters. The van der Waals surface area contributed by atoms with Crippen molar-refractivity contribution in [3.8, 4) is 0 Å². The average Bonchev–Trinajstić information content (AvgIpc) is 2.03. The molecule has 0 aromatic rings. The fraction of sp³-hybridized carbons (Fsp3) is 0.714. The van der Waals surface area contributed by atoms with E-state index < -0.39 is 11.9 Å². The number of carboxylic acid groups (broad SMARTS) is 2. The van der Waals surface area contributed by atoms with E-state index in [1.807, 2.05) is 0 Å². The number of carbonyl (C=O) groups is 2. The van der Waals surface area contributed by atoms with Crippen LogP contribution in [0.4, 0.5) is 0 Å². The molecule has 0 amide bonds. The van der Waals surface area contributed by atoms with Crippen molar-refractivity contribution in [1.29, 1.82) is 0 Å². The Labute approximate surface area is 94.7 Å². The molecule has 0 fully saturated rings. The van der Waals surface area contributed by atoms with E-state index in [-0.39, 0.29) is 12.8 Å². The van der Waals surface area contributed by atoms with Crippen LogP contribution in [0.2, 0.25) is 3.67 Å². The molecule has 0 radical (unpaired) electrons. The van der Waals surface area contributed by atoms with E-state index in [0.717, 1.165) is 6.54 Å². The van der Waals surface area contributed by atoms with Crippen molar-refractivity contribution in [2.45, 2.75) is 22.9 Å². The number of hydrogen-bond acceptors (Lipinski definition) is 3. The standard InChI is InChI=1S/C4H6O4.C3H8N.Na/c5-3(6)1-2-4(7)8;1-2-3-4;/h1-2H2,(H,5,6)(H,7,8);1-4H2;. The Morgan fingerprint density at radius 1 is 1.15 bits per heavy atom. The Hall–Kier alpha value is -0.100. The predicted octanol–water partition coefficient (Wildman–Crippen LogP) is -0.142. The average molecular weight is 199 g/mol.